The molecule has 0 aliphatic heterocycles. The van der Waals surface area contributed by atoms with E-state index in [1.807, 2.05) is 18.3 Å². The van der Waals surface area contributed by atoms with E-state index in [-0.39, 0.29) is 18.1 Å². The molecule has 1 aliphatic rings. The van der Waals surface area contributed by atoms with Gasteiger partial charge in [-0.1, -0.05) is 12.1 Å². The zero-order valence-corrected chi connectivity index (χ0v) is 21.4. The molecule has 38 heavy (non-hydrogen) atoms. The van der Waals surface area contributed by atoms with Crippen LogP contribution < -0.4 is 10.5 Å². The van der Waals surface area contributed by atoms with Crippen LogP contribution in [0.15, 0.2) is 42.9 Å². The summed E-state index contributed by atoms with van der Waals surface area (Å²) in [4.78, 5) is 12.7. The fourth-order valence-corrected chi connectivity index (χ4v) is 5.46. The molecule has 2 unspecified atom stereocenters. The average molecular weight is 530 g/mol. The standard InChI is InChI=1S/C27H30F3N5O3/c1-26(2,36)38-22-12-16(11-21(22)35-9-8-18-24(35)32-14-33-25(18)37-3)5-4-15-6-7-17-13-19(27(28,29)30)23(31)34-20(17)10-15/h6-10,13-14,16,21-22,36H,4-5,11-12H2,1-3H3,(H2,31,34)/t16?,21?,22-/m1/s1. The molecule has 1 aliphatic carbocycles. The number of fused-ring (bicyclic) bond motifs is 2. The van der Waals surface area contributed by atoms with Crippen molar-refractivity contribution in [1.82, 2.24) is 19.5 Å². The van der Waals surface area contributed by atoms with Crippen molar-refractivity contribution in [2.45, 2.75) is 63.6 Å². The van der Waals surface area contributed by atoms with Crippen molar-refractivity contribution >= 4 is 27.8 Å². The average Bonchev–Trinajstić information content (AvgIpc) is 3.43. The predicted molar refractivity (Wildman–Crippen MR) is 136 cm³/mol. The monoisotopic (exact) mass is 529 g/mol. The van der Waals surface area contributed by atoms with Gasteiger partial charge < -0.3 is 24.9 Å². The van der Waals surface area contributed by atoms with Gasteiger partial charge in [-0.3, -0.25) is 0 Å². The molecule has 1 fully saturated rings. The predicted octanol–water partition coefficient (Wildman–Crippen LogP) is 5.29. The number of benzene rings is 1. The molecular weight excluding hydrogens is 499 g/mol. The normalized spacial score (nSPS) is 20.4. The number of nitrogens with two attached hydrogens (primary N) is 1. The van der Waals surface area contributed by atoms with E-state index < -0.39 is 23.3 Å². The molecule has 202 valence electrons. The lowest BCUT2D eigenvalue weighted by Crippen LogP contribution is -2.33. The first kappa shape index (κ1) is 26.2. The maximum atomic E-state index is 13.2. The summed E-state index contributed by atoms with van der Waals surface area (Å²) in [5, 5.41) is 11.6. The second-order valence-electron chi connectivity index (χ2n) is 10.3. The number of hydrogen-bond donors (Lipinski definition) is 2. The number of aryl methyl sites for hydroxylation is 1. The molecule has 3 atom stereocenters. The number of nitrogens with zero attached hydrogens (tertiary/aromatic N) is 4. The number of nitrogen functional groups attached to an aromatic ring is 1. The SMILES string of the molecule is COc1ncnc2c1ccn2C1CC(CCc2ccc3cc(C(F)(F)F)c(N)nc3c2)C[C@H]1OC(C)(C)O. The first-order chi connectivity index (χ1) is 17.9. The molecule has 5 rings (SSSR count). The van der Waals surface area contributed by atoms with Crippen LogP contribution in [0.4, 0.5) is 19.0 Å². The maximum Gasteiger partial charge on any atom is 0.419 e. The van der Waals surface area contributed by atoms with E-state index >= 15 is 0 Å². The third-order valence-corrected chi connectivity index (χ3v) is 7.09. The number of rotatable bonds is 7. The Morgan fingerprint density at radius 1 is 1.13 bits per heavy atom. The second-order valence-corrected chi connectivity index (χ2v) is 10.3. The summed E-state index contributed by atoms with van der Waals surface area (Å²) in [5.41, 5.74) is 6.82. The summed E-state index contributed by atoms with van der Waals surface area (Å²) in [6.07, 6.45) is 1.73. The van der Waals surface area contributed by atoms with Crippen LogP contribution in [0.25, 0.3) is 21.9 Å². The number of ether oxygens (including phenoxy) is 2. The largest absolute Gasteiger partial charge is 0.480 e. The van der Waals surface area contributed by atoms with Crippen molar-refractivity contribution in [1.29, 1.82) is 0 Å². The second kappa shape index (κ2) is 9.70. The van der Waals surface area contributed by atoms with Gasteiger partial charge in [0.05, 0.1) is 35.7 Å². The molecule has 3 aromatic heterocycles. The number of methoxy groups -OCH3 is 1. The number of alkyl halides is 3. The van der Waals surface area contributed by atoms with Crippen LogP contribution in [0.5, 0.6) is 5.88 Å². The molecule has 3 heterocycles. The van der Waals surface area contributed by atoms with Crippen LogP contribution in [0.3, 0.4) is 0 Å². The molecule has 0 spiro atoms. The fourth-order valence-electron chi connectivity index (χ4n) is 5.46. The van der Waals surface area contributed by atoms with Gasteiger partial charge in [-0.05, 0) is 69.2 Å². The van der Waals surface area contributed by atoms with Gasteiger partial charge in [0.2, 0.25) is 5.88 Å². The number of aromatic nitrogens is 4. The molecule has 4 aromatic rings. The van der Waals surface area contributed by atoms with E-state index in [1.165, 1.54) is 6.33 Å². The van der Waals surface area contributed by atoms with Crippen molar-refractivity contribution in [3.05, 3.63) is 54.0 Å². The Morgan fingerprint density at radius 2 is 1.92 bits per heavy atom. The Hall–Kier alpha value is -3.44. The summed E-state index contributed by atoms with van der Waals surface area (Å²) in [6.45, 7) is 3.24. The van der Waals surface area contributed by atoms with Crippen LogP contribution in [0.2, 0.25) is 0 Å². The highest BCUT2D eigenvalue weighted by Gasteiger charge is 2.39. The third-order valence-electron chi connectivity index (χ3n) is 7.09. The van der Waals surface area contributed by atoms with Crippen molar-refractivity contribution in [2.24, 2.45) is 5.92 Å². The molecule has 11 heteroatoms. The molecule has 0 saturated heterocycles. The van der Waals surface area contributed by atoms with Gasteiger partial charge in [0.1, 0.15) is 17.8 Å². The molecule has 0 bridgehead atoms. The van der Waals surface area contributed by atoms with Crippen LogP contribution >= 0.6 is 0 Å². The molecule has 3 N–H and O–H groups in total. The summed E-state index contributed by atoms with van der Waals surface area (Å²) >= 11 is 0. The van der Waals surface area contributed by atoms with E-state index in [2.05, 4.69) is 19.5 Å². The molecular formula is C27H30F3N5O3. The number of hydrogen-bond acceptors (Lipinski definition) is 7. The summed E-state index contributed by atoms with van der Waals surface area (Å²) < 4.78 is 53.1. The lowest BCUT2D eigenvalue weighted by Gasteiger charge is -2.28. The van der Waals surface area contributed by atoms with Crippen LogP contribution in [-0.2, 0) is 17.3 Å². The summed E-state index contributed by atoms with van der Waals surface area (Å²) in [5.74, 6) is -1.04. The Balaban J connectivity index is 1.36. The maximum absolute atomic E-state index is 13.2. The lowest BCUT2D eigenvalue weighted by atomic mass is 9.97. The lowest BCUT2D eigenvalue weighted by molar-refractivity contribution is -0.210. The van der Waals surface area contributed by atoms with Crippen molar-refractivity contribution in [3.8, 4) is 5.88 Å². The van der Waals surface area contributed by atoms with E-state index in [9.17, 15) is 18.3 Å². The highest BCUT2D eigenvalue weighted by molar-refractivity contribution is 5.82. The van der Waals surface area contributed by atoms with E-state index in [1.54, 1.807) is 33.1 Å². The van der Waals surface area contributed by atoms with Crippen LogP contribution in [0.1, 0.15) is 50.3 Å². The van der Waals surface area contributed by atoms with Gasteiger partial charge in [0.15, 0.2) is 5.79 Å². The van der Waals surface area contributed by atoms with E-state index in [0.29, 0.717) is 23.2 Å². The van der Waals surface area contributed by atoms with Crippen LogP contribution in [0, 0.1) is 5.92 Å². The minimum atomic E-state index is -4.55. The first-order valence-corrected chi connectivity index (χ1v) is 12.4. The summed E-state index contributed by atoms with van der Waals surface area (Å²) in [7, 11) is 1.57. The minimum Gasteiger partial charge on any atom is -0.480 e. The number of aliphatic hydroxyl groups is 1. The van der Waals surface area contributed by atoms with Gasteiger partial charge in [0.25, 0.3) is 0 Å². The quantitative estimate of drug-likeness (QED) is 0.313. The summed E-state index contributed by atoms with van der Waals surface area (Å²) in [6, 6.07) is 8.19. The Labute approximate surface area is 217 Å². The van der Waals surface area contributed by atoms with Crippen molar-refractivity contribution in [2.75, 3.05) is 12.8 Å². The van der Waals surface area contributed by atoms with Gasteiger partial charge in [-0.2, -0.15) is 13.2 Å². The number of halogens is 3. The van der Waals surface area contributed by atoms with Gasteiger partial charge >= 0.3 is 6.18 Å². The Morgan fingerprint density at radius 3 is 2.63 bits per heavy atom. The Kier molecular flexibility index (Phi) is 6.68. The van der Waals surface area contributed by atoms with Crippen LogP contribution in [-0.4, -0.2) is 43.6 Å². The smallest absolute Gasteiger partial charge is 0.419 e. The molecule has 1 saturated carbocycles. The zero-order chi connectivity index (χ0) is 27.2. The number of anilines is 1. The highest BCUT2D eigenvalue weighted by Crippen LogP contribution is 2.42. The van der Waals surface area contributed by atoms with Gasteiger partial charge in [-0.25, -0.2) is 15.0 Å². The fraction of sp³-hybridized carbons (Fsp3) is 0.444. The van der Waals surface area contributed by atoms with Gasteiger partial charge in [-0.15, -0.1) is 0 Å². The van der Waals surface area contributed by atoms with E-state index in [0.717, 1.165) is 41.9 Å². The van der Waals surface area contributed by atoms with Gasteiger partial charge in [0, 0.05) is 11.6 Å². The Bertz CT molecular complexity index is 1460. The first-order valence-electron chi connectivity index (χ1n) is 12.4. The van der Waals surface area contributed by atoms with E-state index in [4.69, 9.17) is 15.2 Å². The minimum absolute atomic E-state index is 0.0533. The molecule has 1 aromatic carbocycles. The zero-order valence-electron chi connectivity index (χ0n) is 21.4. The molecule has 0 amide bonds. The topological polar surface area (TPSA) is 108 Å². The highest BCUT2D eigenvalue weighted by atomic mass is 19.4. The van der Waals surface area contributed by atoms with Crippen molar-refractivity contribution < 1.29 is 27.8 Å². The third kappa shape index (κ3) is 5.25. The number of pyridine rings is 1. The molecule has 0 radical (unpaired) electrons. The molecule has 8 nitrogen and oxygen atoms in total. The van der Waals surface area contributed by atoms with Crippen molar-refractivity contribution in [3.63, 3.8) is 0 Å².